The fourth-order valence-electron chi connectivity index (χ4n) is 16.7. The molecule has 0 aromatic heterocycles. The van der Waals surface area contributed by atoms with E-state index >= 15 is 0 Å². The highest BCUT2D eigenvalue weighted by Gasteiger charge is 2.77. The number of hydrogen-bond acceptors (Lipinski definition) is 21. The lowest BCUT2D eigenvalue weighted by Crippen LogP contribution is -2.75. The van der Waals surface area contributed by atoms with Crippen molar-refractivity contribution in [3.8, 4) is 0 Å². The van der Waals surface area contributed by atoms with Crippen LogP contribution in [-0.4, -0.2) is 209 Å². The van der Waals surface area contributed by atoms with Gasteiger partial charge in [-0.3, -0.25) is 4.79 Å². The molecule has 0 bridgehead atoms. The van der Waals surface area contributed by atoms with Crippen LogP contribution >= 0.6 is 0 Å². The van der Waals surface area contributed by atoms with Gasteiger partial charge in [0.05, 0.1) is 67.1 Å². The third-order valence-corrected chi connectivity index (χ3v) is 21.6. The monoisotopic (exact) mass is 1210 g/mol. The van der Waals surface area contributed by atoms with Crippen LogP contribution in [0.2, 0.25) is 0 Å². The molecule has 1 aromatic carbocycles. The average Bonchev–Trinajstić information content (AvgIpc) is 1.30. The topological polar surface area (TPSA) is 243 Å². The number of ether oxygens (including phenoxy) is 16. The third-order valence-electron chi connectivity index (χ3n) is 21.6. The highest BCUT2D eigenvalue weighted by molar-refractivity contribution is 5.87. The van der Waals surface area contributed by atoms with Crippen LogP contribution < -0.4 is 0 Å². The smallest absolute Gasteiger partial charge is 0.331 e. The number of rotatable bonds is 19. The van der Waals surface area contributed by atoms with Gasteiger partial charge in [0.15, 0.2) is 31.5 Å². The summed E-state index contributed by atoms with van der Waals surface area (Å²) in [5.74, 6) is -1.71. The van der Waals surface area contributed by atoms with E-state index < -0.39 is 163 Å². The Morgan fingerprint density at radius 3 is 1.48 bits per heavy atom. The Labute approximate surface area is 507 Å². The van der Waals surface area contributed by atoms with Crippen molar-refractivity contribution in [2.45, 2.75) is 279 Å². The van der Waals surface area contributed by atoms with Crippen LogP contribution in [0, 0.1) is 22.7 Å². The Morgan fingerprint density at radius 1 is 0.581 bits per heavy atom. The number of esters is 1. The minimum atomic E-state index is -1.69. The molecule has 3 N–H and O–H groups in total. The molecule has 3 saturated carbocycles. The fourth-order valence-corrected chi connectivity index (χ4v) is 16.7. The predicted molar refractivity (Wildman–Crippen MR) is 309 cm³/mol. The number of ketones is 1. The molecule has 0 spiro atoms. The second-order valence-electron chi connectivity index (χ2n) is 26.4. The standard InChI is InChI=1S/C65H98O21/c1-34(66)43-23-26-65(70)63(43,8)50(82-51(67)20-19-40-17-15-14-16-18-40)33-49-62(7)24-22-42(27-41(62)21-25-64(49,65)69)81-52-29-45(72-10)58(36(3)77-52)84-54-31-47(74-12)60(38(5)79-54)86-56-32-48(75-13)61(39(6)80-56)85-55-30-46(73-11)59(37(4)78-55)83-53-28-44(71-9)57(68)35(2)76-53/h14-21,35-39,42-50,52-61,68-70H,22-33H2,1-13H3/b20-19+/t35-,36-,37-,38-,39-,42+,43+,44+,45+,46-,47+,48-,49-,50-,52+,53?,54+,55+,56+,57-,58-,59-,60-,61-,62+,63+,64+,65-/m1/s1. The van der Waals surface area contributed by atoms with E-state index in [1.807, 2.05) is 65.0 Å². The van der Waals surface area contributed by atoms with E-state index in [-0.39, 0.29) is 30.8 Å². The van der Waals surface area contributed by atoms with Crippen molar-refractivity contribution in [1.29, 1.82) is 0 Å². The second kappa shape index (κ2) is 27.1. The lowest BCUT2D eigenvalue weighted by molar-refractivity contribution is -0.352. The van der Waals surface area contributed by atoms with Crippen LogP contribution in [0.1, 0.15) is 138 Å². The molecule has 5 aliphatic heterocycles. The molecule has 21 nitrogen and oxygen atoms in total. The summed E-state index contributed by atoms with van der Waals surface area (Å²) in [6.07, 6.45) is -1.07. The molecule has 484 valence electrons. The maximum atomic E-state index is 13.6. The first kappa shape index (κ1) is 66.1. The molecular weight excluding hydrogens is 1120 g/mol. The van der Waals surface area contributed by atoms with E-state index in [0.717, 1.165) is 11.1 Å². The summed E-state index contributed by atoms with van der Waals surface area (Å²) in [6, 6.07) is 9.47. The molecule has 4 aliphatic carbocycles. The summed E-state index contributed by atoms with van der Waals surface area (Å²) in [5, 5.41) is 36.5. The van der Waals surface area contributed by atoms with E-state index in [2.05, 4.69) is 13.0 Å². The summed E-state index contributed by atoms with van der Waals surface area (Å²) < 4.78 is 101. The summed E-state index contributed by atoms with van der Waals surface area (Å²) in [4.78, 5) is 27.0. The zero-order valence-electron chi connectivity index (χ0n) is 52.7. The van der Waals surface area contributed by atoms with Gasteiger partial charge in [0.25, 0.3) is 0 Å². The summed E-state index contributed by atoms with van der Waals surface area (Å²) in [7, 11) is 8.16. The van der Waals surface area contributed by atoms with Crippen molar-refractivity contribution < 1.29 is 101 Å². The van der Waals surface area contributed by atoms with Crippen LogP contribution in [0.25, 0.3) is 6.08 Å². The first-order valence-electron chi connectivity index (χ1n) is 31.5. The Hall–Kier alpha value is -2.88. The number of carbonyl (C=O) groups is 2. The molecular formula is C65H98O21. The number of Topliss-reactive ketones (excluding diaryl/α,β-unsaturated/α-hetero) is 1. The SMILES string of the molecule is CO[C@H]1CC(O[C@@H]2[C@@H](C)O[C@@H](O[C@@H]3[C@@H](C)O[C@@H](O[C@H]4[C@@H](OC)C[C@H](O[C@H]5[C@@H](OC)C[C@H](O[C@H]6CC[C@@]7(C)C(=CC[C@]8(O)[C@@H]7C[C@@H](OC(=O)/C=C/c7ccccc7)[C@]7(C)[C@H](C(C)=O)CC[C@@]78O)C6)O[C@@H]5C)O[C@@H]4C)C[C@H]3OC)C[C@H]2OC)O[C@H](C)[C@H]1O. The number of aliphatic hydroxyl groups excluding tert-OH is 1. The maximum absolute atomic E-state index is 13.6. The van der Waals surface area contributed by atoms with Crippen molar-refractivity contribution >= 4 is 17.8 Å². The number of benzene rings is 1. The second-order valence-corrected chi connectivity index (χ2v) is 26.4. The Bertz CT molecular complexity index is 2500. The van der Waals surface area contributed by atoms with Gasteiger partial charge in [-0.2, -0.15) is 0 Å². The van der Waals surface area contributed by atoms with Crippen molar-refractivity contribution in [3.63, 3.8) is 0 Å². The first-order chi connectivity index (χ1) is 41.0. The molecule has 28 atom stereocenters. The summed E-state index contributed by atoms with van der Waals surface area (Å²) >= 11 is 0. The van der Waals surface area contributed by atoms with Crippen LogP contribution in [-0.2, 0) is 85.4 Å². The highest BCUT2D eigenvalue weighted by Crippen LogP contribution is 2.70. The van der Waals surface area contributed by atoms with Crippen LogP contribution in [0.15, 0.2) is 48.1 Å². The predicted octanol–water partition coefficient (Wildman–Crippen LogP) is 6.66. The largest absolute Gasteiger partial charge is 0.458 e. The molecule has 10 rings (SSSR count). The lowest BCUT2D eigenvalue weighted by Gasteiger charge is -2.66. The summed E-state index contributed by atoms with van der Waals surface area (Å²) in [6.45, 7) is 15.0. The number of aliphatic hydroxyl groups is 3. The van der Waals surface area contributed by atoms with Gasteiger partial charge in [0.1, 0.15) is 53.6 Å². The molecule has 9 aliphatic rings. The van der Waals surface area contributed by atoms with Gasteiger partial charge in [-0.05, 0) is 104 Å². The van der Waals surface area contributed by atoms with E-state index in [1.165, 1.54) is 13.0 Å². The Morgan fingerprint density at radius 2 is 1.02 bits per heavy atom. The number of carbonyl (C=O) groups excluding carboxylic acids is 2. The van der Waals surface area contributed by atoms with Crippen LogP contribution in [0.3, 0.4) is 0 Å². The third kappa shape index (κ3) is 12.7. The molecule has 1 aromatic rings. The van der Waals surface area contributed by atoms with E-state index in [1.54, 1.807) is 48.5 Å². The van der Waals surface area contributed by atoms with Gasteiger partial charge >= 0.3 is 5.97 Å². The number of fused-ring (bicyclic) bond motifs is 5. The van der Waals surface area contributed by atoms with Gasteiger partial charge in [-0.1, -0.05) is 55.8 Å². The van der Waals surface area contributed by atoms with Crippen molar-refractivity contribution in [3.05, 3.63) is 53.6 Å². The molecule has 21 heteroatoms. The minimum absolute atomic E-state index is 0.0899. The lowest BCUT2D eigenvalue weighted by atomic mass is 9.43. The quantitative estimate of drug-likeness (QED) is 0.0745. The molecule has 8 fully saturated rings. The summed E-state index contributed by atoms with van der Waals surface area (Å²) in [5.41, 5.74) is -3.04. The number of methoxy groups -OCH3 is 5. The average molecular weight is 1220 g/mol. The minimum Gasteiger partial charge on any atom is -0.458 e. The van der Waals surface area contributed by atoms with Gasteiger partial charge in [0.2, 0.25) is 0 Å². The number of hydrogen-bond donors (Lipinski definition) is 3. The van der Waals surface area contributed by atoms with E-state index in [0.29, 0.717) is 64.2 Å². The normalized spacial score (nSPS) is 48.0. The van der Waals surface area contributed by atoms with Crippen LogP contribution in [0.5, 0.6) is 0 Å². The van der Waals surface area contributed by atoms with Gasteiger partial charge in [-0.15, -0.1) is 0 Å². The van der Waals surface area contributed by atoms with Crippen molar-refractivity contribution in [1.82, 2.24) is 0 Å². The molecule has 1 unspecified atom stereocenters. The molecule has 5 heterocycles. The molecule has 5 saturated heterocycles. The van der Waals surface area contributed by atoms with Crippen molar-refractivity contribution in [2.24, 2.45) is 22.7 Å². The Balaban J connectivity index is 0.718. The molecule has 0 radical (unpaired) electrons. The van der Waals surface area contributed by atoms with E-state index in [9.17, 15) is 24.9 Å². The fraction of sp³-hybridized carbons (Fsp3) is 0.815. The first-order valence-corrected chi connectivity index (χ1v) is 31.5. The van der Waals surface area contributed by atoms with Gasteiger partial charge in [0, 0.05) is 91.0 Å². The van der Waals surface area contributed by atoms with E-state index in [4.69, 9.17) is 75.8 Å². The molecule has 0 amide bonds. The van der Waals surface area contributed by atoms with Crippen molar-refractivity contribution in [2.75, 3.05) is 35.5 Å². The Kier molecular flexibility index (Phi) is 20.8. The highest BCUT2D eigenvalue weighted by atomic mass is 16.8. The zero-order chi connectivity index (χ0) is 61.6. The van der Waals surface area contributed by atoms with Crippen LogP contribution in [0.4, 0.5) is 0 Å². The van der Waals surface area contributed by atoms with Gasteiger partial charge < -0.3 is 91.1 Å². The van der Waals surface area contributed by atoms with Gasteiger partial charge in [-0.25, -0.2) is 4.79 Å². The zero-order valence-corrected chi connectivity index (χ0v) is 52.7. The molecule has 86 heavy (non-hydrogen) atoms. The maximum Gasteiger partial charge on any atom is 0.331 e.